The average molecular weight is 402 g/mol. The van der Waals surface area contributed by atoms with Crippen molar-refractivity contribution in [2.45, 2.75) is 12.3 Å². The molecule has 0 bridgehead atoms. The minimum absolute atomic E-state index is 0.0113. The first-order valence-electron chi connectivity index (χ1n) is 7.54. The normalized spacial score (nSPS) is 16.6. The van der Waals surface area contributed by atoms with Crippen LogP contribution in [0.3, 0.4) is 0 Å². The molecule has 24 heavy (non-hydrogen) atoms. The topological polar surface area (TPSA) is 29.1 Å². The maximum absolute atomic E-state index is 13.2. The van der Waals surface area contributed by atoms with E-state index in [0.717, 1.165) is 31.7 Å². The molecular formula is C19H13BrFNOS. The molecule has 0 fully saturated rings. The van der Waals surface area contributed by atoms with Gasteiger partial charge in [0.05, 0.1) is 5.69 Å². The van der Waals surface area contributed by atoms with Crippen molar-refractivity contribution in [3.05, 3.63) is 74.6 Å². The summed E-state index contributed by atoms with van der Waals surface area (Å²) in [6, 6.07) is 14.5. The van der Waals surface area contributed by atoms with Crippen LogP contribution in [-0.2, 0) is 4.79 Å². The lowest BCUT2D eigenvalue weighted by molar-refractivity contribution is -0.116. The monoisotopic (exact) mass is 401 g/mol. The molecule has 0 unspecified atom stereocenters. The highest BCUT2D eigenvalue weighted by atomic mass is 79.9. The standard InChI is InChI=1S/C19H13BrFNOS/c20-13-5-1-11(2-6-13)15-9-17(23)22-18-16(10-24-19(15)18)12-3-7-14(21)8-4-12/h1-8,10,15H,9H2,(H,22,23)/t15-/m1/s1. The van der Waals surface area contributed by atoms with Gasteiger partial charge in [-0.05, 0) is 35.4 Å². The summed E-state index contributed by atoms with van der Waals surface area (Å²) in [5, 5.41) is 5.04. The average Bonchev–Trinajstić information content (AvgIpc) is 2.99. The summed E-state index contributed by atoms with van der Waals surface area (Å²) in [4.78, 5) is 13.4. The molecule has 1 atom stereocenters. The summed E-state index contributed by atoms with van der Waals surface area (Å²) in [6.07, 6.45) is 0.442. The third-order valence-corrected chi connectivity index (χ3v) is 5.84. The number of nitrogens with one attached hydrogen (secondary N) is 1. The van der Waals surface area contributed by atoms with E-state index in [0.29, 0.717) is 6.42 Å². The van der Waals surface area contributed by atoms with Gasteiger partial charge >= 0.3 is 0 Å². The van der Waals surface area contributed by atoms with E-state index in [1.807, 2.05) is 17.5 Å². The number of amides is 1. The summed E-state index contributed by atoms with van der Waals surface area (Å²) >= 11 is 5.09. The van der Waals surface area contributed by atoms with Crippen LogP contribution in [0.25, 0.3) is 11.1 Å². The fourth-order valence-corrected chi connectivity index (χ4v) is 4.46. The van der Waals surface area contributed by atoms with Crippen molar-refractivity contribution in [2.24, 2.45) is 0 Å². The maximum Gasteiger partial charge on any atom is 0.225 e. The van der Waals surface area contributed by atoms with Crippen molar-refractivity contribution < 1.29 is 9.18 Å². The highest BCUT2D eigenvalue weighted by molar-refractivity contribution is 9.10. The number of hydrogen-bond donors (Lipinski definition) is 1. The molecule has 1 aliphatic heterocycles. The van der Waals surface area contributed by atoms with E-state index in [9.17, 15) is 9.18 Å². The van der Waals surface area contributed by atoms with Gasteiger partial charge in [0.2, 0.25) is 5.91 Å². The van der Waals surface area contributed by atoms with Gasteiger partial charge < -0.3 is 5.32 Å². The fraction of sp³-hybridized carbons (Fsp3) is 0.105. The molecule has 0 radical (unpaired) electrons. The third kappa shape index (κ3) is 2.78. The molecule has 1 aliphatic rings. The zero-order chi connectivity index (χ0) is 16.7. The Kier molecular flexibility index (Phi) is 3.98. The van der Waals surface area contributed by atoms with E-state index in [1.54, 1.807) is 23.5 Å². The molecule has 2 heterocycles. The SMILES string of the molecule is O=C1C[C@H](c2ccc(Br)cc2)c2scc(-c3ccc(F)cc3)c2N1. The molecule has 3 aromatic rings. The van der Waals surface area contributed by atoms with Gasteiger partial charge in [-0.3, -0.25) is 4.79 Å². The molecule has 0 spiro atoms. The summed E-state index contributed by atoms with van der Waals surface area (Å²) in [5.41, 5.74) is 3.84. The molecule has 2 aromatic carbocycles. The van der Waals surface area contributed by atoms with Crippen LogP contribution < -0.4 is 5.32 Å². The molecular weight excluding hydrogens is 389 g/mol. The molecule has 1 amide bonds. The second-order valence-corrected chi connectivity index (χ2v) is 7.58. The summed E-state index contributed by atoms with van der Waals surface area (Å²) in [5.74, 6) is -0.196. The minimum atomic E-state index is -0.264. The van der Waals surface area contributed by atoms with Gasteiger partial charge in [-0.1, -0.05) is 40.2 Å². The predicted molar refractivity (Wildman–Crippen MR) is 98.9 cm³/mol. The van der Waals surface area contributed by atoms with Crippen LogP contribution in [0.1, 0.15) is 22.8 Å². The van der Waals surface area contributed by atoms with Gasteiger partial charge in [-0.25, -0.2) is 4.39 Å². The fourth-order valence-electron chi connectivity index (χ4n) is 3.03. The van der Waals surface area contributed by atoms with Crippen LogP contribution in [0.15, 0.2) is 58.4 Å². The predicted octanol–water partition coefficient (Wildman–Crippen LogP) is 5.79. The molecule has 0 saturated heterocycles. The van der Waals surface area contributed by atoms with E-state index in [4.69, 9.17) is 0 Å². The lowest BCUT2D eigenvalue weighted by Gasteiger charge is -2.24. The van der Waals surface area contributed by atoms with Gasteiger partial charge in [-0.15, -0.1) is 11.3 Å². The van der Waals surface area contributed by atoms with Crippen LogP contribution >= 0.6 is 27.3 Å². The van der Waals surface area contributed by atoms with Crippen LogP contribution in [0.5, 0.6) is 0 Å². The van der Waals surface area contributed by atoms with Gasteiger partial charge in [0.25, 0.3) is 0 Å². The van der Waals surface area contributed by atoms with Gasteiger partial charge in [-0.2, -0.15) is 0 Å². The number of halogens is 2. The van der Waals surface area contributed by atoms with Gasteiger partial charge in [0, 0.05) is 32.6 Å². The van der Waals surface area contributed by atoms with E-state index in [2.05, 4.69) is 33.4 Å². The Morgan fingerprint density at radius 2 is 1.79 bits per heavy atom. The van der Waals surface area contributed by atoms with Crippen LogP contribution in [0.4, 0.5) is 10.1 Å². The quantitative estimate of drug-likeness (QED) is 0.578. The van der Waals surface area contributed by atoms with E-state index in [-0.39, 0.29) is 17.6 Å². The molecule has 0 saturated carbocycles. The largest absolute Gasteiger partial charge is 0.325 e. The highest BCUT2D eigenvalue weighted by Crippen LogP contribution is 2.46. The highest BCUT2D eigenvalue weighted by Gasteiger charge is 2.30. The molecule has 120 valence electrons. The van der Waals surface area contributed by atoms with Crippen molar-refractivity contribution >= 4 is 38.9 Å². The van der Waals surface area contributed by atoms with Crippen LogP contribution in [0.2, 0.25) is 0 Å². The Morgan fingerprint density at radius 1 is 1.08 bits per heavy atom. The first-order valence-corrected chi connectivity index (χ1v) is 9.22. The molecule has 2 nitrogen and oxygen atoms in total. The molecule has 1 aromatic heterocycles. The van der Waals surface area contributed by atoms with Crippen molar-refractivity contribution in [2.75, 3.05) is 5.32 Å². The second-order valence-electron chi connectivity index (χ2n) is 5.75. The summed E-state index contributed by atoms with van der Waals surface area (Å²) in [7, 11) is 0. The number of anilines is 1. The Labute approximate surface area is 151 Å². The lowest BCUT2D eigenvalue weighted by atomic mass is 9.89. The minimum Gasteiger partial charge on any atom is -0.325 e. The van der Waals surface area contributed by atoms with Crippen LogP contribution in [0, 0.1) is 5.82 Å². The second kappa shape index (κ2) is 6.15. The molecule has 4 rings (SSSR count). The molecule has 5 heteroatoms. The number of hydrogen-bond acceptors (Lipinski definition) is 2. The van der Waals surface area contributed by atoms with Crippen LogP contribution in [-0.4, -0.2) is 5.91 Å². The Balaban J connectivity index is 1.80. The van der Waals surface area contributed by atoms with Crippen molar-refractivity contribution in [1.29, 1.82) is 0 Å². The first-order chi connectivity index (χ1) is 11.6. The Morgan fingerprint density at radius 3 is 2.50 bits per heavy atom. The first kappa shape index (κ1) is 15.5. The number of carbonyl (C=O) groups is 1. The van der Waals surface area contributed by atoms with Crippen molar-refractivity contribution in [3.63, 3.8) is 0 Å². The number of thiophene rings is 1. The number of benzene rings is 2. The number of fused-ring (bicyclic) bond motifs is 1. The lowest BCUT2D eigenvalue weighted by Crippen LogP contribution is -2.22. The van der Waals surface area contributed by atoms with Crippen molar-refractivity contribution in [3.8, 4) is 11.1 Å². The van der Waals surface area contributed by atoms with E-state index >= 15 is 0 Å². The summed E-state index contributed by atoms with van der Waals surface area (Å²) in [6.45, 7) is 0. The smallest absolute Gasteiger partial charge is 0.225 e. The van der Waals surface area contributed by atoms with Gasteiger partial charge in [0.15, 0.2) is 0 Å². The summed E-state index contributed by atoms with van der Waals surface area (Å²) < 4.78 is 14.2. The van der Waals surface area contributed by atoms with Gasteiger partial charge in [0.1, 0.15) is 5.82 Å². The molecule has 0 aliphatic carbocycles. The zero-order valence-electron chi connectivity index (χ0n) is 12.6. The van der Waals surface area contributed by atoms with E-state index in [1.165, 1.54) is 12.1 Å². The Bertz CT molecular complexity index is 902. The number of rotatable bonds is 2. The van der Waals surface area contributed by atoms with Crippen molar-refractivity contribution in [1.82, 2.24) is 0 Å². The number of carbonyl (C=O) groups excluding carboxylic acids is 1. The maximum atomic E-state index is 13.2. The molecule has 1 N–H and O–H groups in total. The third-order valence-electron chi connectivity index (χ3n) is 4.22. The Hall–Kier alpha value is -1.98. The van der Waals surface area contributed by atoms with E-state index < -0.39 is 0 Å². The zero-order valence-corrected chi connectivity index (χ0v) is 15.0.